The Bertz CT molecular complexity index is 569. The van der Waals surface area contributed by atoms with Gasteiger partial charge in [0, 0.05) is 24.2 Å². The second-order valence-corrected chi connectivity index (χ2v) is 5.71. The van der Waals surface area contributed by atoms with Crippen LogP contribution in [0.15, 0.2) is 34.7 Å². The van der Waals surface area contributed by atoms with E-state index in [0.29, 0.717) is 37.0 Å². The van der Waals surface area contributed by atoms with Crippen LogP contribution in [0.4, 0.5) is 0 Å². The van der Waals surface area contributed by atoms with Gasteiger partial charge < -0.3 is 10.2 Å². The van der Waals surface area contributed by atoms with Crippen molar-refractivity contribution >= 4 is 0 Å². The quantitative estimate of drug-likeness (QED) is 0.935. The van der Waals surface area contributed by atoms with Gasteiger partial charge in [0.25, 0.3) is 0 Å². The number of piperidine rings is 1. The average Bonchev–Trinajstić information content (AvgIpc) is 2.99. The standard InChI is InChI=1S/C16H22N4O/c1-12-6-5-9-14(10-17)20(12)11-15-18-19-16(21-15)13-7-3-2-4-8-13/h2-4,7-8,12,14H,5-6,9-11,17H2,1H3. The van der Waals surface area contributed by atoms with E-state index in [4.69, 9.17) is 10.2 Å². The lowest BCUT2D eigenvalue weighted by Crippen LogP contribution is -2.48. The molecule has 0 amide bonds. The first kappa shape index (κ1) is 14.2. The summed E-state index contributed by atoms with van der Waals surface area (Å²) in [4.78, 5) is 2.39. The number of likely N-dealkylation sites (tertiary alicyclic amines) is 1. The molecule has 3 rings (SSSR count). The fourth-order valence-electron chi connectivity index (χ4n) is 3.05. The highest BCUT2D eigenvalue weighted by molar-refractivity contribution is 5.51. The van der Waals surface area contributed by atoms with Crippen LogP contribution in [0, 0.1) is 0 Å². The average molecular weight is 286 g/mol. The molecule has 5 nitrogen and oxygen atoms in total. The van der Waals surface area contributed by atoms with Crippen molar-refractivity contribution in [1.29, 1.82) is 0 Å². The Morgan fingerprint density at radius 1 is 1.24 bits per heavy atom. The Labute approximate surface area is 125 Å². The molecule has 112 valence electrons. The van der Waals surface area contributed by atoms with E-state index < -0.39 is 0 Å². The lowest BCUT2D eigenvalue weighted by molar-refractivity contribution is 0.0797. The van der Waals surface area contributed by atoms with Gasteiger partial charge in [0.15, 0.2) is 0 Å². The molecule has 1 aliphatic rings. The van der Waals surface area contributed by atoms with Gasteiger partial charge in [-0.05, 0) is 31.9 Å². The number of nitrogens with two attached hydrogens (primary N) is 1. The van der Waals surface area contributed by atoms with Gasteiger partial charge in [-0.2, -0.15) is 0 Å². The minimum absolute atomic E-state index is 0.417. The van der Waals surface area contributed by atoms with Crippen molar-refractivity contribution in [2.75, 3.05) is 6.54 Å². The molecule has 1 saturated heterocycles. The molecule has 2 unspecified atom stereocenters. The molecule has 0 aliphatic carbocycles. The number of aromatic nitrogens is 2. The molecule has 0 spiro atoms. The van der Waals surface area contributed by atoms with Crippen LogP contribution in [0.3, 0.4) is 0 Å². The van der Waals surface area contributed by atoms with Gasteiger partial charge in [-0.1, -0.05) is 24.6 Å². The molecule has 0 radical (unpaired) electrons. The Morgan fingerprint density at radius 3 is 2.81 bits per heavy atom. The zero-order valence-corrected chi connectivity index (χ0v) is 12.4. The first-order valence-corrected chi connectivity index (χ1v) is 7.61. The summed E-state index contributed by atoms with van der Waals surface area (Å²) in [7, 11) is 0. The lowest BCUT2D eigenvalue weighted by atomic mass is 9.96. The molecule has 5 heteroatoms. The molecule has 1 aliphatic heterocycles. The Balaban J connectivity index is 1.74. The van der Waals surface area contributed by atoms with E-state index in [2.05, 4.69) is 22.0 Å². The van der Waals surface area contributed by atoms with Crippen LogP contribution in [0.2, 0.25) is 0 Å². The molecule has 2 atom stereocenters. The van der Waals surface area contributed by atoms with E-state index in [1.165, 1.54) is 12.8 Å². The van der Waals surface area contributed by atoms with Gasteiger partial charge in [0.1, 0.15) is 0 Å². The Morgan fingerprint density at radius 2 is 2.05 bits per heavy atom. The van der Waals surface area contributed by atoms with Gasteiger partial charge >= 0.3 is 0 Å². The predicted molar refractivity (Wildman–Crippen MR) is 81.4 cm³/mol. The van der Waals surface area contributed by atoms with Crippen LogP contribution >= 0.6 is 0 Å². The van der Waals surface area contributed by atoms with E-state index >= 15 is 0 Å². The van der Waals surface area contributed by atoms with Crippen LogP contribution in [0.25, 0.3) is 11.5 Å². The Hall–Kier alpha value is -1.72. The second-order valence-electron chi connectivity index (χ2n) is 5.71. The van der Waals surface area contributed by atoms with Crippen LogP contribution in [-0.2, 0) is 6.54 Å². The molecule has 1 fully saturated rings. The third-order valence-electron chi connectivity index (χ3n) is 4.27. The minimum atomic E-state index is 0.417. The fourth-order valence-corrected chi connectivity index (χ4v) is 3.05. The van der Waals surface area contributed by atoms with Gasteiger partial charge in [0.05, 0.1) is 6.54 Å². The highest BCUT2D eigenvalue weighted by atomic mass is 16.4. The summed E-state index contributed by atoms with van der Waals surface area (Å²) in [6.45, 7) is 3.61. The van der Waals surface area contributed by atoms with Crippen molar-refractivity contribution in [3.8, 4) is 11.5 Å². The topological polar surface area (TPSA) is 68.2 Å². The molecule has 2 N–H and O–H groups in total. The summed E-state index contributed by atoms with van der Waals surface area (Å²) in [5.74, 6) is 1.25. The summed E-state index contributed by atoms with van der Waals surface area (Å²) < 4.78 is 5.81. The largest absolute Gasteiger partial charge is 0.419 e. The summed E-state index contributed by atoms with van der Waals surface area (Å²) >= 11 is 0. The maximum atomic E-state index is 5.90. The molecule has 1 aromatic heterocycles. The molecular weight excluding hydrogens is 264 g/mol. The van der Waals surface area contributed by atoms with Gasteiger partial charge in [-0.15, -0.1) is 10.2 Å². The van der Waals surface area contributed by atoms with Gasteiger partial charge in [-0.25, -0.2) is 0 Å². The zero-order valence-electron chi connectivity index (χ0n) is 12.4. The first-order valence-electron chi connectivity index (χ1n) is 7.61. The summed E-state index contributed by atoms with van der Waals surface area (Å²) in [6, 6.07) is 10.8. The molecule has 0 saturated carbocycles. The van der Waals surface area contributed by atoms with Crippen molar-refractivity contribution in [3.63, 3.8) is 0 Å². The first-order chi connectivity index (χ1) is 10.3. The van der Waals surface area contributed by atoms with Crippen molar-refractivity contribution in [2.24, 2.45) is 5.73 Å². The van der Waals surface area contributed by atoms with Crippen molar-refractivity contribution in [1.82, 2.24) is 15.1 Å². The van der Waals surface area contributed by atoms with Gasteiger partial charge in [0.2, 0.25) is 11.8 Å². The van der Waals surface area contributed by atoms with E-state index in [1.807, 2.05) is 30.3 Å². The monoisotopic (exact) mass is 286 g/mol. The van der Waals surface area contributed by atoms with Crippen molar-refractivity contribution in [2.45, 2.75) is 44.8 Å². The molecule has 21 heavy (non-hydrogen) atoms. The zero-order chi connectivity index (χ0) is 14.7. The van der Waals surface area contributed by atoms with Gasteiger partial charge in [-0.3, -0.25) is 4.90 Å². The maximum Gasteiger partial charge on any atom is 0.247 e. The molecular formula is C16H22N4O. The SMILES string of the molecule is CC1CCCC(CN)N1Cc1nnc(-c2ccccc2)o1. The normalized spacial score (nSPS) is 23.3. The molecule has 0 bridgehead atoms. The van der Waals surface area contributed by atoms with Crippen molar-refractivity contribution < 1.29 is 4.42 Å². The van der Waals surface area contributed by atoms with E-state index in [9.17, 15) is 0 Å². The smallest absolute Gasteiger partial charge is 0.247 e. The molecule has 2 aromatic rings. The number of rotatable bonds is 4. The summed E-state index contributed by atoms with van der Waals surface area (Å²) in [5.41, 5.74) is 6.85. The number of hydrogen-bond acceptors (Lipinski definition) is 5. The number of benzene rings is 1. The van der Waals surface area contributed by atoms with Crippen LogP contribution in [0.1, 0.15) is 32.1 Å². The predicted octanol–water partition coefficient (Wildman–Crippen LogP) is 2.44. The highest BCUT2D eigenvalue weighted by Crippen LogP contribution is 2.25. The fraction of sp³-hybridized carbons (Fsp3) is 0.500. The van der Waals surface area contributed by atoms with E-state index in [-0.39, 0.29) is 0 Å². The maximum absolute atomic E-state index is 5.90. The lowest BCUT2D eigenvalue weighted by Gasteiger charge is -2.39. The summed E-state index contributed by atoms with van der Waals surface area (Å²) in [6.07, 6.45) is 3.61. The van der Waals surface area contributed by atoms with E-state index in [1.54, 1.807) is 0 Å². The third kappa shape index (κ3) is 3.14. The molecule has 1 aromatic carbocycles. The van der Waals surface area contributed by atoms with E-state index in [0.717, 1.165) is 12.0 Å². The number of hydrogen-bond donors (Lipinski definition) is 1. The minimum Gasteiger partial charge on any atom is -0.419 e. The van der Waals surface area contributed by atoms with Crippen LogP contribution in [-0.4, -0.2) is 33.7 Å². The highest BCUT2D eigenvalue weighted by Gasteiger charge is 2.28. The second kappa shape index (κ2) is 6.37. The third-order valence-corrected chi connectivity index (χ3v) is 4.27. The Kier molecular flexibility index (Phi) is 4.31. The molecule has 2 heterocycles. The number of nitrogens with zero attached hydrogens (tertiary/aromatic N) is 3. The van der Waals surface area contributed by atoms with Crippen LogP contribution < -0.4 is 5.73 Å². The van der Waals surface area contributed by atoms with Crippen molar-refractivity contribution in [3.05, 3.63) is 36.2 Å². The summed E-state index contributed by atoms with van der Waals surface area (Å²) in [5, 5.41) is 8.34. The van der Waals surface area contributed by atoms with Crippen LogP contribution in [0.5, 0.6) is 0 Å².